The van der Waals surface area contributed by atoms with Gasteiger partial charge >= 0.3 is 0 Å². The van der Waals surface area contributed by atoms with E-state index in [1.54, 1.807) is 12.3 Å². The zero-order valence-electron chi connectivity index (χ0n) is 5.71. The van der Waals surface area contributed by atoms with Gasteiger partial charge in [-0.1, -0.05) is 24.8 Å². The van der Waals surface area contributed by atoms with Crippen LogP contribution < -0.4 is 0 Å². The Morgan fingerprint density at radius 2 is 2.11 bits per heavy atom. The third-order valence-corrected chi connectivity index (χ3v) is 0.700. The Bertz CT molecular complexity index is 112. The van der Waals surface area contributed by atoms with Gasteiger partial charge in [-0.05, 0) is 13.0 Å². The molecule has 0 radical (unpaired) electrons. The molecule has 0 spiro atoms. The van der Waals surface area contributed by atoms with Gasteiger partial charge < -0.3 is 4.74 Å². The Morgan fingerprint density at radius 1 is 1.33 bits per heavy atom. The molecule has 0 aromatic carbocycles. The molecule has 0 rings (SSSR count). The van der Waals surface area contributed by atoms with Gasteiger partial charge in [-0.25, -0.2) is 0 Å². The summed E-state index contributed by atoms with van der Waals surface area (Å²) < 4.78 is 4.91. The van der Waals surface area contributed by atoms with Gasteiger partial charge in [0.15, 0.2) is 0 Å². The maximum Gasteiger partial charge on any atom is 0.0845 e. The summed E-state index contributed by atoms with van der Waals surface area (Å²) >= 11 is 0. The number of allylic oxidation sites excluding steroid dienone is 4. The van der Waals surface area contributed by atoms with Crippen LogP contribution in [0.2, 0.25) is 0 Å². The molecule has 0 aliphatic rings. The lowest BCUT2D eigenvalue weighted by molar-refractivity contribution is 0.269. The first-order chi connectivity index (χ1) is 4.41. The lowest BCUT2D eigenvalue weighted by Gasteiger charge is -1.87. The highest BCUT2D eigenvalue weighted by Crippen LogP contribution is 1.79. The smallest absolute Gasteiger partial charge is 0.0845 e. The standard InChI is InChI=1S/C8H12O/c1-3-5-6-7-8-9-4-2/h3,5-8H,1,4H2,2H3. The van der Waals surface area contributed by atoms with E-state index in [2.05, 4.69) is 6.58 Å². The van der Waals surface area contributed by atoms with Gasteiger partial charge in [0.1, 0.15) is 0 Å². The summed E-state index contributed by atoms with van der Waals surface area (Å²) in [7, 11) is 0. The Hall–Kier alpha value is -0.980. The molecule has 0 aliphatic carbocycles. The van der Waals surface area contributed by atoms with Crippen molar-refractivity contribution in [2.45, 2.75) is 6.92 Å². The van der Waals surface area contributed by atoms with Gasteiger partial charge in [0.05, 0.1) is 12.9 Å². The van der Waals surface area contributed by atoms with Crippen molar-refractivity contribution in [3.8, 4) is 0 Å². The van der Waals surface area contributed by atoms with Crippen LogP contribution >= 0.6 is 0 Å². The fourth-order valence-electron chi connectivity index (χ4n) is 0.340. The lowest BCUT2D eigenvalue weighted by Crippen LogP contribution is -1.74. The van der Waals surface area contributed by atoms with Crippen LogP contribution in [0.4, 0.5) is 0 Å². The maximum atomic E-state index is 4.91. The second-order valence-corrected chi connectivity index (χ2v) is 1.40. The monoisotopic (exact) mass is 124 g/mol. The zero-order valence-corrected chi connectivity index (χ0v) is 5.71. The summed E-state index contributed by atoms with van der Waals surface area (Å²) in [4.78, 5) is 0. The number of rotatable bonds is 4. The molecular weight excluding hydrogens is 112 g/mol. The van der Waals surface area contributed by atoms with Crippen LogP contribution in [0.5, 0.6) is 0 Å². The molecule has 0 saturated carbocycles. The third-order valence-electron chi connectivity index (χ3n) is 0.700. The number of hydrogen-bond donors (Lipinski definition) is 0. The van der Waals surface area contributed by atoms with Crippen LogP contribution in [-0.2, 0) is 4.74 Å². The maximum absolute atomic E-state index is 4.91. The molecule has 0 fully saturated rings. The molecule has 0 N–H and O–H groups in total. The first-order valence-electron chi connectivity index (χ1n) is 2.97. The summed E-state index contributed by atoms with van der Waals surface area (Å²) in [6.45, 7) is 6.18. The average molecular weight is 124 g/mol. The SMILES string of the molecule is C=CC=CC=COCC. The normalized spacial score (nSPS) is 10.8. The van der Waals surface area contributed by atoms with Crippen LogP contribution in [0, 0.1) is 0 Å². The summed E-state index contributed by atoms with van der Waals surface area (Å²) in [6, 6.07) is 0. The molecule has 9 heavy (non-hydrogen) atoms. The predicted molar refractivity (Wildman–Crippen MR) is 40.1 cm³/mol. The zero-order chi connectivity index (χ0) is 6.95. The van der Waals surface area contributed by atoms with Crippen molar-refractivity contribution in [3.05, 3.63) is 37.1 Å². The molecule has 1 nitrogen and oxygen atoms in total. The largest absolute Gasteiger partial charge is 0.501 e. The minimum atomic E-state index is 0.721. The Kier molecular flexibility index (Phi) is 6.26. The summed E-state index contributed by atoms with van der Waals surface area (Å²) in [5, 5.41) is 0. The molecule has 0 amide bonds. The van der Waals surface area contributed by atoms with Crippen LogP contribution in [0.25, 0.3) is 0 Å². The van der Waals surface area contributed by atoms with Crippen molar-refractivity contribution in [3.63, 3.8) is 0 Å². The van der Waals surface area contributed by atoms with E-state index in [4.69, 9.17) is 4.74 Å². The fraction of sp³-hybridized carbons (Fsp3) is 0.250. The molecule has 1 heteroatoms. The summed E-state index contributed by atoms with van der Waals surface area (Å²) in [5.74, 6) is 0. The van der Waals surface area contributed by atoms with Crippen LogP contribution in [-0.4, -0.2) is 6.61 Å². The van der Waals surface area contributed by atoms with E-state index in [0.29, 0.717) is 0 Å². The molecular formula is C8H12O. The third kappa shape index (κ3) is 7.02. The average Bonchev–Trinajstić information content (AvgIpc) is 1.89. The van der Waals surface area contributed by atoms with E-state index >= 15 is 0 Å². The second kappa shape index (κ2) is 7.02. The molecule has 0 aromatic heterocycles. The predicted octanol–water partition coefficient (Wildman–Crippen LogP) is 2.28. The molecule has 0 aliphatic heterocycles. The quantitative estimate of drug-likeness (QED) is 0.412. The highest BCUT2D eigenvalue weighted by Gasteiger charge is 1.64. The van der Waals surface area contributed by atoms with Crippen molar-refractivity contribution in [1.82, 2.24) is 0 Å². The van der Waals surface area contributed by atoms with Gasteiger partial charge in [-0.2, -0.15) is 0 Å². The topological polar surface area (TPSA) is 9.23 Å². The molecule has 0 saturated heterocycles. The van der Waals surface area contributed by atoms with Crippen LogP contribution in [0.1, 0.15) is 6.92 Å². The van der Waals surface area contributed by atoms with Crippen LogP contribution in [0.3, 0.4) is 0 Å². The van der Waals surface area contributed by atoms with Crippen molar-refractivity contribution >= 4 is 0 Å². The summed E-state index contributed by atoms with van der Waals surface area (Å²) in [5.41, 5.74) is 0. The first kappa shape index (κ1) is 8.02. The van der Waals surface area contributed by atoms with Gasteiger partial charge in [0, 0.05) is 0 Å². The first-order valence-corrected chi connectivity index (χ1v) is 2.97. The van der Waals surface area contributed by atoms with Gasteiger partial charge in [0.25, 0.3) is 0 Å². The van der Waals surface area contributed by atoms with Gasteiger partial charge in [-0.15, -0.1) is 0 Å². The van der Waals surface area contributed by atoms with Crippen molar-refractivity contribution in [2.75, 3.05) is 6.61 Å². The second-order valence-electron chi connectivity index (χ2n) is 1.40. The number of hydrogen-bond acceptors (Lipinski definition) is 1. The minimum Gasteiger partial charge on any atom is -0.501 e. The van der Waals surface area contributed by atoms with Gasteiger partial charge in [-0.3, -0.25) is 0 Å². The molecule has 50 valence electrons. The highest BCUT2D eigenvalue weighted by atomic mass is 16.5. The highest BCUT2D eigenvalue weighted by molar-refractivity contribution is 5.07. The Labute approximate surface area is 56.3 Å². The number of ether oxygens (including phenoxy) is 1. The van der Waals surface area contributed by atoms with E-state index < -0.39 is 0 Å². The molecule has 0 aromatic rings. The van der Waals surface area contributed by atoms with E-state index in [1.807, 2.05) is 25.2 Å². The molecule has 0 atom stereocenters. The Balaban J connectivity index is 3.23. The van der Waals surface area contributed by atoms with E-state index in [-0.39, 0.29) is 0 Å². The molecule has 0 bridgehead atoms. The fourth-order valence-corrected chi connectivity index (χ4v) is 0.340. The summed E-state index contributed by atoms with van der Waals surface area (Å²) in [6.07, 6.45) is 8.90. The van der Waals surface area contributed by atoms with Crippen LogP contribution in [0.15, 0.2) is 37.1 Å². The van der Waals surface area contributed by atoms with E-state index in [9.17, 15) is 0 Å². The van der Waals surface area contributed by atoms with Crippen molar-refractivity contribution in [2.24, 2.45) is 0 Å². The minimum absolute atomic E-state index is 0.721. The Morgan fingerprint density at radius 3 is 2.67 bits per heavy atom. The van der Waals surface area contributed by atoms with E-state index in [1.165, 1.54) is 0 Å². The molecule has 0 heterocycles. The van der Waals surface area contributed by atoms with Gasteiger partial charge in [0.2, 0.25) is 0 Å². The van der Waals surface area contributed by atoms with Crippen molar-refractivity contribution < 1.29 is 4.74 Å². The van der Waals surface area contributed by atoms with Crippen molar-refractivity contribution in [1.29, 1.82) is 0 Å². The molecule has 0 unspecified atom stereocenters. The lowest BCUT2D eigenvalue weighted by atomic mass is 10.5. The van der Waals surface area contributed by atoms with E-state index in [0.717, 1.165) is 6.61 Å².